The largest absolute Gasteiger partial charge is 0.375 e. The van der Waals surface area contributed by atoms with Crippen LogP contribution in [0.5, 0.6) is 0 Å². The summed E-state index contributed by atoms with van der Waals surface area (Å²) >= 11 is 0. The van der Waals surface area contributed by atoms with Crippen LogP contribution in [0.1, 0.15) is 25.7 Å². The predicted molar refractivity (Wildman–Crippen MR) is 90.5 cm³/mol. The molecule has 0 aromatic carbocycles. The minimum absolute atomic E-state index is 0.302. The highest BCUT2D eigenvalue weighted by Crippen LogP contribution is 2.19. The summed E-state index contributed by atoms with van der Waals surface area (Å²) in [5.74, 6) is 0.302. The number of likely N-dealkylation sites (N-methyl/N-ethyl adjacent to an activating group) is 1. The van der Waals surface area contributed by atoms with Crippen molar-refractivity contribution in [2.24, 2.45) is 0 Å². The summed E-state index contributed by atoms with van der Waals surface area (Å²) < 4.78 is 6.25. The molecular weight excluding hydrogens is 292 g/mol. The minimum Gasteiger partial charge on any atom is -0.375 e. The summed E-state index contributed by atoms with van der Waals surface area (Å²) in [6.45, 7) is 8.51. The summed E-state index contributed by atoms with van der Waals surface area (Å²) in [6.07, 6.45) is 5.26. The molecule has 1 amide bonds. The molecule has 0 atom stereocenters. The summed E-state index contributed by atoms with van der Waals surface area (Å²) in [4.78, 5) is 19.0. The van der Waals surface area contributed by atoms with Crippen molar-refractivity contribution in [3.8, 4) is 0 Å². The molecule has 0 spiro atoms. The maximum atomic E-state index is 12.4. The highest BCUT2D eigenvalue weighted by atomic mass is 16.5. The molecule has 0 bridgehead atoms. The van der Waals surface area contributed by atoms with E-state index in [1.807, 2.05) is 4.90 Å². The lowest BCUT2D eigenvalue weighted by Gasteiger charge is -2.37. The molecule has 3 rings (SSSR count). The van der Waals surface area contributed by atoms with Crippen molar-refractivity contribution in [1.29, 1.82) is 0 Å². The van der Waals surface area contributed by atoms with Crippen molar-refractivity contribution in [1.82, 2.24) is 20.0 Å². The van der Waals surface area contributed by atoms with Gasteiger partial charge in [-0.05, 0) is 45.8 Å². The van der Waals surface area contributed by atoms with Gasteiger partial charge in [0.25, 0.3) is 0 Å². The molecule has 3 aliphatic heterocycles. The molecule has 0 aliphatic carbocycles. The predicted octanol–water partition coefficient (Wildman–Crippen LogP) is -0.00660. The first-order valence-corrected chi connectivity index (χ1v) is 9.25. The van der Waals surface area contributed by atoms with Crippen molar-refractivity contribution >= 4 is 5.91 Å². The number of hydrogen-bond acceptors (Lipinski definition) is 5. The van der Waals surface area contributed by atoms with E-state index in [-0.39, 0.29) is 0 Å². The van der Waals surface area contributed by atoms with E-state index < -0.39 is 0 Å². The molecule has 6 heteroatoms. The van der Waals surface area contributed by atoms with E-state index in [9.17, 15) is 4.79 Å². The molecule has 0 aromatic rings. The van der Waals surface area contributed by atoms with E-state index in [1.54, 1.807) is 0 Å². The van der Waals surface area contributed by atoms with Crippen LogP contribution >= 0.6 is 0 Å². The fourth-order valence-electron chi connectivity index (χ4n) is 3.75. The Morgan fingerprint density at radius 2 is 1.57 bits per heavy atom. The van der Waals surface area contributed by atoms with Gasteiger partial charge < -0.3 is 19.9 Å². The van der Waals surface area contributed by atoms with Gasteiger partial charge in [0.05, 0.1) is 18.8 Å². The molecule has 23 heavy (non-hydrogen) atoms. The van der Waals surface area contributed by atoms with E-state index in [0.29, 0.717) is 24.7 Å². The number of hydrogen-bond donors (Lipinski definition) is 1. The number of rotatable bonds is 4. The molecule has 3 fully saturated rings. The van der Waals surface area contributed by atoms with E-state index in [4.69, 9.17) is 4.74 Å². The van der Waals surface area contributed by atoms with Gasteiger partial charge in [-0.2, -0.15) is 0 Å². The van der Waals surface area contributed by atoms with Gasteiger partial charge in [-0.3, -0.25) is 9.69 Å². The zero-order valence-corrected chi connectivity index (χ0v) is 14.5. The first-order valence-electron chi connectivity index (χ1n) is 9.25. The molecule has 0 aromatic heterocycles. The lowest BCUT2D eigenvalue weighted by Crippen LogP contribution is -2.51. The Labute approximate surface area is 140 Å². The van der Waals surface area contributed by atoms with E-state index >= 15 is 0 Å². The Balaban J connectivity index is 1.34. The van der Waals surface area contributed by atoms with Gasteiger partial charge in [-0.1, -0.05) is 0 Å². The molecule has 0 unspecified atom stereocenters. The fraction of sp³-hybridized carbons (Fsp3) is 0.941. The standard InChI is InChI=1S/C17H32N4O2/c1-19-10-12-21(13-11-19)17(22)14-20-8-4-16(5-9-20)23-15-2-6-18-7-3-15/h15-16,18H,2-14H2,1H3. The van der Waals surface area contributed by atoms with Crippen molar-refractivity contribution < 1.29 is 9.53 Å². The second-order valence-electron chi connectivity index (χ2n) is 7.25. The van der Waals surface area contributed by atoms with E-state index in [2.05, 4.69) is 22.2 Å². The Bertz CT molecular complexity index is 371. The molecule has 0 saturated carbocycles. The quantitative estimate of drug-likeness (QED) is 0.788. The third-order valence-corrected chi connectivity index (χ3v) is 5.42. The van der Waals surface area contributed by atoms with Gasteiger partial charge in [-0.25, -0.2) is 0 Å². The molecule has 0 radical (unpaired) electrons. The van der Waals surface area contributed by atoms with Crippen molar-refractivity contribution in [2.45, 2.75) is 37.9 Å². The highest BCUT2D eigenvalue weighted by molar-refractivity contribution is 5.78. The Morgan fingerprint density at radius 1 is 0.957 bits per heavy atom. The van der Waals surface area contributed by atoms with Crippen molar-refractivity contribution in [3.63, 3.8) is 0 Å². The number of likely N-dealkylation sites (tertiary alicyclic amines) is 1. The molecule has 3 aliphatic rings. The smallest absolute Gasteiger partial charge is 0.236 e. The Hall–Kier alpha value is -0.690. The zero-order chi connectivity index (χ0) is 16.1. The second kappa shape index (κ2) is 8.42. The monoisotopic (exact) mass is 324 g/mol. The number of amides is 1. The Kier molecular flexibility index (Phi) is 6.28. The van der Waals surface area contributed by atoms with Crippen LogP contribution in [0.3, 0.4) is 0 Å². The number of piperazine rings is 1. The summed E-state index contributed by atoms with van der Waals surface area (Å²) in [5.41, 5.74) is 0. The Morgan fingerprint density at radius 3 is 2.22 bits per heavy atom. The second-order valence-corrected chi connectivity index (χ2v) is 7.25. The van der Waals surface area contributed by atoms with Gasteiger partial charge in [0, 0.05) is 39.3 Å². The maximum Gasteiger partial charge on any atom is 0.236 e. The lowest BCUT2D eigenvalue weighted by molar-refractivity contribution is -0.135. The van der Waals surface area contributed by atoms with Gasteiger partial charge in [0.1, 0.15) is 0 Å². The first-order chi connectivity index (χ1) is 11.2. The third kappa shape index (κ3) is 5.14. The van der Waals surface area contributed by atoms with E-state index in [1.165, 1.54) is 0 Å². The maximum absolute atomic E-state index is 12.4. The minimum atomic E-state index is 0.302. The number of ether oxygens (including phenoxy) is 1. The summed E-state index contributed by atoms with van der Waals surface area (Å²) in [6, 6.07) is 0. The lowest BCUT2D eigenvalue weighted by atomic mass is 10.1. The van der Waals surface area contributed by atoms with Crippen LogP contribution < -0.4 is 5.32 Å². The average Bonchev–Trinajstić information content (AvgIpc) is 2.58. The van der Waals surface area contributed by atoms with Crippen LogP contribution in [0.15, 0.2) is 0 Å². The number of carbonyl (C=O) groups is 1. The molecule has 132 valence electrons. The number of nitrogens with zero attached hydrogens (tertiary/aromatic N) is 3. The first kappa shape index (κ1) is 17.1. The summed E-state index contributed by atoms with van der Waals surface area (Å²) in [5, 5.41) is 3.38. The van der Waals surface area contributed by atoms with Crippen LogP contribution in [0.25, 0.3) is 0 Å². The molecule has 6 nitrogen and oxygen atoms in total. The SMILES string of the molecule is CN1CCN(C(=O)CN2CCC(OC3CCNCC3)CC2)CC1. The normalized spacial score (nSPS) is 26.6. The number of nitrogens with one attached hydrogen (secondary N) is 1. The van der Waals surface area contributed by atoms with Gasteiger partial charge in [-0.15, -0.1) is 0 Å². The number of carbonyl (C=O) groups excluding carboxylic acids is 1. The van der Waals surface area contributed by atoms with Gasteiger partial charge >= 0.3 is 0 Å². The average molecular weight is 324 g/mol. The van der Waals surface area contributed by atoms with Crippen molar-refractivity contribution in [3.05, 3.63) is 0 Å². The summed E-state index contributed by atoms with van der Waals surface area (Å²) in [7, 11) is 2.12. The fourth-order valence-corrected chi connectivity index (χ4v) is 3.75. The molecule has 1 N–H and O–H groups in total. The zero-order valence-electron chi connectivity index (χ0n) is 14.5. The topological polar surface area (TPSA) is 48.0 Å². The van der Waals surface area contributed by atoms with Gasteiger partial charge in [0.2, 0.25) is 5.91 Å². The van der Waals surface area contributed by atoms with Crippen LogP contribution in [-0.4, -0.2) is 98.8 Å². The molecule has 3 saturated heterocycles. The molecule has 3 heterocycles. The van der Waals surface area contributed by atoms with Gasteiger partial charge in [0.15, 0.2) is 0 Å². The van der Waals surface area contributed by atoms with Crippen LogP contribution in [-0.2, 0) is 9.53 Å². The highest BCUT2D eigenvalue weighted by Gasteiger charge is 2.26. The van der Waals surface area contributed by atoms with Crippen molar-refractivity contribution in [2.75, 3.05) is 66.0 Å². The number of piperidine rings is 2. The third-order valence-electron chi connectivity index (χ3n) is 5.42. The van der Waals surface area contributed by atoms with Crippen LogP contribution in [0.4, 0.5) is 0 Å². The van der Waals surface area contributed by atoms with Crippen LogP contribution in [0, 0.1) is 0 Å². The molecular formula is C17H32N4O2. The van der Waals surface area contributed by atoms with Crippen LogP contribution in [0.2, 0.25) is 0 Å². The van der Waals surface area contributed by atoms with E-state index in [0.717, 1.165) is 78.0 Å².